The Morgan fingerprint density at radius 3 is 2.59 bits per heavy atom. The van der Waals surface area contributed by atoms with E-state index in [0.717, 1.165) is 11.1 Å². The first-order chi connectivity index (χ1) is 17.9. The maximum Gasteiger partial charge on any atom is 0.261 e. The quantitative estimate of drug-likeness (QED) is 0.324. The number of amides is 1. The lowest BCUT2D eigenvalue weighted by molar-refractivity contribution is 0.0717. The van der Waals surface area contributed by atoms with E-state index in [9.17, 15) is 9.59 Å². The summed E-state index contributed by atoms with van der Waals surface area (Å²) in [6, 6.07) is 20.5. The number of benzene rings is 2. The monoisotopic (exact) mass is 498 g/mol. The predicted octanol–water partition coefficient (Wildman–Crippen LogP) is 4.54. The molecule has 37 heavy (non-hydrogen) atoms. The number of hydrogen-bond acceptors (Lipinski definition) is 5. The van der Waals surface area contributed by atoms with Gasteiger partial charge in [-0.05, 0) is 61.7 Å². The van der Waals surface area contributed by atoms with E-state index in [1.165, 1.54) is 0 Å². The van der Waals surface area contributed by atoms with Gasteiger partial charge < -0.3 is 15.4 Å². The van der Waals surface area contributed by atoms with Crippen LogP contribution < -0.4 is 16.0 Å². The van der Waals surface area contributed by atoms with Crippen LogP contribution in [-0.2, 0) is 6.42 Å². The third kappa shape index (κ3) is 5.73. The number of fused-ring (bicyclic) bond motifs is 1. The second kappa shape index (κ2) is 11.8. The number of nitrogens with zero attached hydrogens (tertiary/aromatic N) is 3. The molecular formula is C30H34N4O3. The van der Waals surface area contributed by atoms with Gasteiger partial charge in [0, 0.05) is 25.2 Å². The molecule has 0 fully saturated rings. The van der Waals surface area contributed by atoms with Gasteiger partial charge >= 0.3 is 0 Å². The van der Waals surface area contributed by atoms with E-state index < -0.39 is 6.04 Å². The molecule has 1 atom stereocenters. The summed E-state index contributed by atoms with van der Waals surface area (Å²) in [5.41, 5.74) is 9.76. The SMILES string of the molecule is CCC(c1nc2ccccn2c(=O)c1Cc1ccccc1)N(C)C(=O)c1ccc(C)cc1OCCCN. The van der Waals surface area contributed by atoms with E-state index in [4.69, 9.17) is 15.5 Å². The summed E-state index contributed by atoms with van der Waals surface area (Å²) in [6.45, 7) is 4.92. The van der Waals surface area contributed by atoms with Crippen LogP contribution in [0.15, 0.2) is 77.7 Å². The van der Waals surface area contributed by atoms with Crippen LogP contribution in [0.1, 0.15) is 58.5 Å². The van der Waals surface area contributed by atoms with Gasteiger partial charge in [0.2, 0.25) is 0 Å². The number of rotatable bonds is 10. The molecular weight excluding hydrogens is 464 g/mol. The van der Waals surface area contributed by atoms with E-state index in [-0.39, 0.29) is 11.5 Å². The fourth-order valence-electron chi connectivity index (χ4n) is 4.56. The third-order valence-corrected chi connectivity index (χ3v) is 6.55. The van der Waals surface area contributed by atoms with E-state index in [1.807, 2.05) is 74.5 Å². The van der Waals surface area contributed by atoms with Gasteiger partial charge in [0.1, 0.15) is 11.4 Å². The molecule has 2 aromatic carbocycles. The van der Waals surface area contributed by atoms with Crippen molar-refractivity contribution in [3.05, 3.63) is 111 Å². The highest BCUT2D eigenvalue weighted by atomic mass is 16.5. The maximum absolute atomic E-state index is 13.8. The van der Waals surface area contributed by atoms with Crippen molar-refractivity contribution in [2.75, 3.05) is 20.2 Å². The van der Waals surface area contributed by atoms with Crippen molar-refractivity contribution in [1.29, 1.82) is 0 Å². The minimum atomic E-state index is -0.401. The molecule has 7 nitrogen and oxygen atoms in total. The standard InChI is InChI=1S/C30H34N4O3/c1-4-25(33(3)29(35)23-15-14-21(2)19-26(23)37-18-10-16-31)28-24(20-22-11-6-5-7-12-22)30(36)34-17-9-8-13-27(34)32-28/h5-9,11-15,17,19,25H,4,10,16,18,20,31H2,1-3H3. The van der Waals surface area contributed by atoms with Crippen LogP contribution in [0.3, 0.4) is 0 Å². The lowest BCUT2D eigenvalue weighted by atomic mass is 9.98. The molecule has 7 heteroatoms. The smallest absolute Gasteiger partial charge is 0.261 e. The highest BCUT2D eigenvalue weighted by molar-refractivity contribution is 5.97. The Morgan fingerprint density at radius 2 is 1.86 bits per heavy atom. The minimum Gasteiger partial charge on any atom is -0.493 e. The van der Waals surface area contributed by atoms with Crippen molar-refractivity contribution in [2.24, 2.45) is 5.73 Å². The molecule has 1 amide bonds. The van der Waals surface area contributed by atoms with Gasteiger partial charge in [-0.3, -0.25) is 14.0 Å². The number of carbonyl (C=O) groups is 1. The number of hydrogen-bond donors (Lipinski definition) is 1. The molecule has 0 aliphatic heterocycles. The van der Waals surface area contributed by atoms with Gasteiger partial charge in [-0.25, -0.2) is 4.98 Å². The second-order valence-corrected chi connectivity index (χ2v) is 9.20. The summed E-state index contributed by atoms with van der Waals surface area (Å²) in [7, 11) is 1.76. The number of nitrogens with two attached hydrogens (primary N) is 1. The average Bonchev–Trinajstić information content (AvgIpc) is 2.91. The summed E-state index contributed by atoms with van der Waals surface area (Å²) in [4.78, 5) is 34.1. The molecule has 0 radical (unpaired) electrons. The van der Waals surface area contributed by atoms with Gasteiger partial charge in [0.25, 0.3) is 11.5 Å². The Balaban J connectivity index is 1.77. The zero-order chi connectivity index (χ0) is 26.4. The predicted molar refractivity (Wildman–Crippen MR) is 146 cm³/mol. The van der Waals surface area contributed by atoms with Crippen molar-refractivity contribution < 1.29 is 9.53 Å². The summed E-state index contributed by atoms with van der Waals surface area (Å²) in [5, 5.41) is 0. The van der Waals surface area contributed by atoms with Crippen LogP contribution in [0.2, 0.25) is 0 Å². The molecule has 2 aromatic heterocycles. The fourth-order valence-corrected chi connectivity index (χ4v) is 4.56. The summed E-state index contributed by atoms with van der Waals surface area (Å²) < 4.78 is 7.50. The fraction of sp³-hybridized carbons (Fsp3) is 0.300. The topological polar surface area (TPSA) is 89.9 Å². The molecule has 1 unspecified atom stereocenters. The van der Waals surface area contributed by atoms with Crippen LogP contribution in [-0.4, -0.2) is 40.4 Å². The van der Waals surface area contributed by atoms with E-state index in [2.05, 4.69) is 0 Å². The molecule has 0 saturated carbocycles. The highest BCUT2D eigenvalue weighted by Crippen LogP contribution is 2.29. The Hall–Kier alpha value is -3.97. The summed E-state index contributed by atoms with van der Waals surface area (Å²) in [5.74, 6) is 0.353. The Bertz CT molecular complexity index is 1430. The van der Waals surface area contributed by atoms with Crippen molar-refractivity contribution in [2.45, 2.75) is 39.2 Å². The average molecular weight is 499 g/mol. The van der Waals surface area contributed by atoms with E-state index >= 15 is 0 Å². The molecule has 0 bridgehead atoms. The normalized spacial score (nSPS) is 11.9. The molecule has 0 aliphatic carbocycles. The first kappa shape index (κ1) is 26.1. The Kier molecular flexibility index (Phi) is 8.36. The van der Waals surface area contributed by atoms with Crippen molar-refractivity contribution in [1.82, 2.24) is 14.3 Å². The van der Waals surface area contributed by atoms with Gasteiger partial charge in [0.05, 0.1) is 23.9 Å². The first-order valence-electron chi connectivity index (χ1n) is 12.7. The van der Waals surface area contributed by atoms with Crippen molar-refractivity contribution >= 4 is 11.6 Å². The number of aromatic nitrogens is 2. The zero-order valence-electron chi connectivity index (χ0n) is 21.7. The molecule has 0 aliphatic rings. The van der Waals surface area contributed by atoms with Gasteiger partial charge in [-0.15, -0.1) is 0 Å². The lowest BCUT2D eigenvalue weighted by Crippen LogP contribution is -2.35. The number of carbonyl (C=O) groups excluding carboxylic acids is 1. The molecule has 2 N–H and O–H groups in total. The van der Waals surface area contributed by atoms with Gasteiger partial charge in [0.15, 0.2) is 0 Å². The van der Waals surface area contributed by atoms with E-state index in [1.54, 1.807) is 28.6 Å². The molecule has 0 spiro atoms. The Labute approximate surface area is 217 Å². The van der Waals surface area contributed by atoms with Crippen molar-refractivity contribution in [3.8, 4) is 5.75 Å². The van der Waals surface area contributed by atoms with Crippen LogP contribution in [0.5, 0.6) is 5.75 Å². The highest BCUT2D eigenvalue weighted by Gasteiger charge is 2.28. The largest absolute Gasteiger partial charge is 0.493 e. The van der Waals surface area contributed by atoms with Gasteiger partial charge in [-0.2, -0.15) is 0 Å². The zero-order valence-corrected chi connectivity index (χ0v) is 21.7. The lowest BCUT2D eigenvalue weighted by Gasteiger charge is -2.29. The van der Waals surface area contributed by atoms with Crippen LogP contribution in [0, 0.1) is 6.92 Å². The number of aryl methyl sites for hydroxylation is 1. The van der Waals surface area contributed by atoms with E-state index in [0.29, 0.717) is 60.6 Å². The molecule has 0 saturated heterocycles. The van der Waals surface area contributed by atoms with Crippen LogP contribution >= 0.6 is 0 Å². The molecule has 4 aromatic rings. The summed E-state index contributed by atoms with van der Waals surface area (Å²) >= 11 is 0. The van der Waals surface area contributed by atoms with Crippen LogP contribution in [0.25, 0.3) is 5.65 Å². The molecule has 4 rings (SSSR count). The second-order valence-electron chi connectivity index (χ2n) is 9.20. The summed E-state index contributed by atoms with van der Waals surface area (Å²) in [6.07, 6.45) is 3.45. The minimum absolute atomic E-state index is 0.120. The number of pyridine rings is 1. The first-order valence-corrected chi connectivity index (χ1v) is 12.7. The van der Waals surface area contributed by atoms with Gasteiger partial charge in [-0.1, -0.05) is 49.4 Å². The number of ether oxygens (including phenoxy) is 1. The third-order valence-electron chi connectivity index (χ3n) is 6.55. The molecule has 192 valence electrons. The van der Waals surface area contributed by atoms with Crippen LogP contribution in [0.4, 0.5) is 0 Å². The Morgan fingerprint density at radius 1 is 1.11 bits per heavy atom. The maximum atomic E-state index is 13.8. The molecule has 2 heterocycles. The van der Waals surface area contributed by atoms with Crippen molar-refractivity contribution in [3.63, 3.8) is 0 Å².